The van der Waals surface area contributed by atoms with Gasteiger partial charge in [0.05, 0.1) is 47.0 Å². The van der Waals surface area contributed by atoms with Gasteiger partial charge in [0.1, 0.15) is 0 Å². The van der Waals surface area contributed by atoms with Crippen LogP contribution in [-0.4, -0.2) is 45.7 Å². The molecule has 0 saturated heterocycles. The fraction of sp³-hybridized carbons (Fsp3) is 0.522. The number of nitrogens with zero attached hydrogens (tertiary/aromatic N) is 2. The minimum atomic E-state index is 0.506. The van der Waals surface area contributed by atoms with Crippen LogP contribution in [0.15, 0.2) is 36.4 Å². The van der Waals surface area contributed by atoms with Crippen LogP contribution in [0.3, 0.4) is 0 Å². The molecule has 0 amide bonds. The highest BCUT2D eigenvalue weighted by molar-refractivity contribution is 5.85. The molecule has 3 heterocycles. The van der Waals surface area contributed by atoms with Crippen molar-refractivity contribution in [1.82, 2.24) is 19.9 Å². The molecule has 54 heavy (non-hydrogen) atoms. The second-order valence-corrected chi connectivity index (χ2v) is 14.5. The van der Waals surface area contributed by atoms with Crippen LogP contribution >= 0.6 is 0 Å². The van der Waals surface area contributed by atoms with Gasteiger partial charge in [0.2, 0.25) is 0 Å². The first-order valence-corrected chi connectivity index (χ1v) is 20.9. The molecule has 2 N–H and O–H groups in total. The van der Waals surface area contributed by atoms with Gasteiger partial charge >= 0.3 is 0 Å². The van der Waals surface area contributed by atoms with Crippen LogP contribution in [-0.2, 0) is 0 Å². The zero-order valence-electron chi connectivity index (χ0n) is 33.0. The zero-order valence-corrected chi connectivity index (χ0v) is 33.0. The van der Waals surface area contributed by atoms with Gasteiger partial charge in [-0.3, -0.25) is 9.59 Å². The second kappa shape index (κ2) is 25.5. The summed E-state index contributed by atoms with van der Waals surface area (Å²) >= 11 is 0. The first-order chi connectivity index (χ1) is 26.6. The Hall–Kier alpha value is -4.46. The first-order valence-electron chi connectivity index (χ1n) is 20.9. The van der Waals surface area contributed by atoms with E-state index in [-0.39, 0.29) is 0 Å². The first kappa shape index (κ1) is 42.3. The van der Waals surface area contributed by atoms with Crippen LogP contribution in [0.4, 0.5) is 0 Å². The highest BCUT2D eigenvalue weighted by Crippen LogP contribution is 2.33. The highest BCUT2D eigenvalue weighted by atomic mass is 16.5. The molecular weight excluding hydrogens is 673 g/mol. The van der Waals surface area contributed by atoms with E-state index in [4.69, 9.17) is 19.4 Å². The van der Waals surface area contributed by atoms with Gasteiger partial charge < -0.3 is 19.4 Å². The summed E-state index contributed by atoms with van der Waals surface area (Å²) in [5.74, 6) is 1.40. The van der Waals surface area contributed by atoms with E-state index in [1.807, 2.05) is 48.6 Å². The molecule has 0 radical (unpaired) electrons. The molecule has 0 spiro atoms. The number of H-pyrrole nitrogens is 2. The molecule has 0 saturated carbocycles. The van der Waals surface area contributed by atoms with Crippen LogP contribution in [0.2, 0.25) is 0 Å². The Morgan fingerprint density at radius 3 is 1.13 bits per heavy atom. The molecule has 0 aliphatic carbocycles. The number of fused-ring (bicyclic) bond motifs is 1. The number of ether oxygens (including phenoxy) is 2. The van der Waals surface area contributed by atoms with Crippen molar-refractivity contribution in [2.75, 3.05) is 13.2 Å². The Bertz CT molecular complexity index is 1590. The molecule has 3 aromatic heterocycles. The Labute approximate surface area is 323 Å². The molecule has 292 valence electrons. The lowest BCUT2D eigenvalue weighted by atomic mass is 10.1. The van der Waals surface area contributed by atoms with Crippen molar-refractivity contribution in [2.24, 2.45) is 0 Å². The topological polar surface area (TPSA) is 110 Å². The van der Waals surface area contributed by atoms with Crippen LogP contribution in [0, 0.1) is 0 Å². The number of aldehydes is 2. The fourth-order valence-corrected chi connectivity index (χ4v) is 6.63. The number of aromatic amines is 2. The average Bonchev–Trinajstić information content (AvgIpc) is 3.87. The number of carbonyl (C=O) groups is 2. The van der Waals surface area contributed by atoms with Gasteiger partial charge in [-0.25, -0.2) is 9.97 Å². The van der Waals surface area contributed by atoms with Crippen LogP contribution < -0.4 is 9.47 Å². The normalized spacial score (nSPS) is 11.7. The lowest BCUT2D eigenvalue weighted by Crippen LogP contribution is -2.04. The van der Waals surface area contributed by atoms with Crippen molar-refractivity contribution in [2.45, 2.75) is 142 Å². The Kier molecular flexibility index (Phi) is 20.0. The molecule has 1 aromatic carbocycles. The Morgan fingerprint density at radius 1 is 0.463 bits per heavy atom. The molecule has 4 rings (SSSR count). The number of hydrogen-bond acceptors (Lipinski definition) is 6. The molecule has 0 atom stereocenters. The monoisotopic (exact) mass is 736 g/mol. The van der Waals surface area contributed by atoms with E-state index < -0.39 is 0 Å². The molecule has 0 aliphatic rings. The van der Waals surface area contributed by atoms with Gasteiger partial charge in [0, 0.05) is 23.5 Å². The van der Waals surface area contributed by atoms with Gasteiger partial charge in [-0.15, -0.1) is 0 Å². The van der Waals surface area contributed by atoms with Gasteiger partial charge in [-0.05, 0) is 61.4 Å². The van der Waals surface area contributed by atoms with Crippen molar-refractivity contribution in [1.29, 1.82) is 0 Å². The van der Waals surface area contributed by atoms with E-state index in [2.05, 4.69) is 23.8 Å². The maximum atomic E-state index is 11.2. The standard InChI is InChI=1S/C46H64N4O4/c1-3-5-7-9-11-13-15-17-19-21-31-53-45-33-43-44(34-46(45)54-32-22-20-18-16-14-12-10-8-6-4-2)50-42(30-28-38-24-26-40(36-52)48-38)41(49-43)29-27-37-23-25-39(35-51)47-37/h23-30,33-36,47-48H,3-22,31-32H2,1-2H3/b29-27-,30-28+. The summed E-state index contributed by atoms with van der Waals surface area (Å²) in [5.41, 5.74) is 5.30. The smallest absolute Gasteiger partial charge is 0.166 e. The minimum absolute atomic E-state index is 0.506. The summed E-state index contributed by atoms with van der Waals surface area (Å²) in [6, 6.07) is 11.1. The van der Waals surface area contributed by atoms with Gasteiger partial charge in [0.25, 0.3) is 0 Å². The third kappa shape index (κ3) is 15.5. The number of nitrogens with one attached hydrogen (secondary N) is 2. The second-order valence-electron chi connectivity index (χ2n) is 14.5. The van der Waals surface area contributed by atoms with E-state index in [0.29, 0.717) is 58.5 Å². The summed E-state index contributed by atoms with van der Waals surface area (Å²) in [4.78, 5) is 38.7. The van der Waals surface area contributed by atoms with E-state index in [1.165, 1.54) is 103 Å². The van der Waals surface area contributed by atoms with E-state index in [1.54, 1.807) is 12.1 Å². The summed E-state index contributed by atoms with van der Waals surface area (Å²) in [6.45, 7) is 5.79. The third-order valence-corrected chi connectivity index (χ3v) is 9.85. The third-order valence-electron chi connectivity index (χ3n) is 9.85. The predicted molar refractivity (Wildman–Crippen MR) is 224 cm³/mol. The number of carbonyl (C=O) groups excluding carboxylic acids is 2. The zero-order chi connectivity index (χ0) is 38.1. The van der Waals surface area contributed by atoms with Crippen LogP contribution in [0.1, 0.15) is 186 Å². The van der Waals surface area contributed by atoms with Crippen molar-refractivity contribution < 1.29 is 19.1 Å². The number of aromatic nitrogens is 4. The Balaban J connectivity index is 1.47. The van der Waals surface area contributed by atoms with Crippen molar-refractivity contribution in [3.63, 3.8) is 0 Å². The molecular formula is C46H64N4O4. The largest absolute Gasteiger partial charge is 0.490 e. The fourth-order valence-electron chi connectivity index (χ4n) is 6.63. The van der Waals surface area contributed by atoms with Crippen molar-refractivity contribution in [3.8, 4) is 11.5 Å². The SMILES string of the molecule is CCCCCCCCCCCCOc1cc2nc(/C=C\c3ccc(C=O)[nH]3)c(/C=C/c3ccc(C=O)[nH]3)nc2cc1OCCCCCCCCCCCC. The molecule has 0 bridgehead atoms. The highest BCUT2D eigenvalue weighted by Gasteiger charge is 2.13. The Morgan fingerprint density at radius 2 is 0.796 bits per heavy atom. The predicted octanol–water partition coefficient (Wildman–Crippen LogP) is 12.9. The van der Waals surface area contributed by atoms with Crippen LogP contribution in [0.25, 0.3) is 35.3 Å². The lowest BCUT2D eigenvalue weighted by Gasteiger charge is -2.15. The number of hydrogen-bond donors (Lipinski definition) is 2. The summed E-state index contributed by atoms with van der Waals surface area (Å²) in [5, 5.41) is 0. The molecule has 4 aromatic rings. The van der Waals surface area contributed by atoms with Gasteiger partial charge in [-0.2, -0.15) is 0 Å². The van der Waals surface area contributed by atoms with Gasteiger partial charge in [-0.1, -0.05) is 129 Å². The maximum absolute atomic E-state index is 11.2. The van der Waals surface area contributed by atoms with Crippen LogP contribution in [0.5, 0.6) is 11.5 Å². The van der Waals surface area contributed by atoms with E-state index in [9.17, 15) is 9.59 Å². The average molecular weight is 737 g/mol. The summed E-state index contributed by atoms with van der Waals surface area (Å²) in [6.07, 6.45) is 34.6. The molecule has 8 heteroatoms. The molecule has 8 nitrogen and oxygen atoms in total. The van der Waals surface area contributed by atoms with Gasteiger partial charge in [0.15, 0.2) is 24.1 Å². The summed E-state index contributed by atoms with van der Waals surface area (Å²) in [7, 11) is 0. The summed E-state index contributed by atoms with van der Waals surface area (Å²) < 4.78 is 12.8. The number of benzene rings is 1. The van der Waals surface area contributed by atoms with Crippen molar-refractivity contribution >= 4 is 47.9 Å². The molecule has 0 aliphatic heterocycles. The quantitative estimate of drug-likeness (QED) is 0.0407. The number of rotatable bonds is 30. The lowest BCUT2D eigenvalue weighted by molar-refractivity contribution is 0.111. The van der Waals surface area contributed by atoms with Crippen molar-refractivity contribution in [3.05, 3.63) is 70.6 Å². The molecule has 0 unspecified atom stereocenters. The van der Waals surface area contributed by atoms with E-state index in [0.717, 1.165) is 49.6 Å². The minimum Gasteiger partial charge on any atom is -0.490 e. The maximum Gasteiger partial charge on any atom is 0.166 e. The molecule has 0 fully saturated rings. The number of unbranched alkanes of at least 4 members (excludes halogenated alkanes) is 18. The van der Waals surface area contributed by atoms with E-state index >= 15 is 0 Å².